The van der Waals surface area contributed by atoms with E-state index in [1.807, 2.05) is 6.07 Å². The lowest BCUT2D eigenvalue weighted by Crippen LogP contribution is -2.12. The number of aromatic nitrogens is 1. The zero-order valence-corrected chi connectivity index (χ0v) is 13.6. The molecule has 0 aliphatic carbocycles. The van der Waals surface area contributed by atoms with E-state index in [9.17, 15) is 18.0 Å². The molecule has 3 aromatic rings. The first kappa shape index (κ1) is 17.9. The van der Waals surface area contributed by atoms with E-state index in [2.05, 4.69) is 15.6 Å². The number of nitrogens with one attached hydrogen (secondary N) is 2. The minimum atomic E-state index is -1.60. The Morgan fingerprint density at radius 2 is 1.74 bits per heavy atom. The van der Waals surface area contributed by atoms with E-state index in [-0.39, 0.29) is 17.1 Å². The highest BCUT2D eigenvalue weighted by molar-refractivity contribution is 6.04. The summed E-state index contributed by atoms with van der Waals surface area (Å²) >= 11 is 0. The number of nitrogens with zero attached hydrogens (tertiary/aromatic N) is 2. The van der Waals surface area contributed by atoms with Crippen molar-refractivity contribution in [3.63, 3.8) is 0 Å². The van der Waals surface area contributed by atoms with Gasteiger partial charge in [-0.05, 0) is 48.5 Å². The maximum atomic E-state index is 13.7. The summed E-state index contributed by atoms with van der Waals surface area (Å²) in [4.78, 5) is 16.3. The molecule has 134 valence electrons. The van der Waals surface area contributed by atoms with E-state index in [1.54, 1.807) is 24.3 Å². The first-order chi connectivity index (χ1) is 13.0. The van der Waals surface area contributed by atoms with Crippen LogP contribution in [0.5, 0.6) is 0 Å². The molecular formula is C19H11F3N4O. The maximum absolute atomic E-state index is 13.7. The van der Waals surface area contributed by atoms with Crippen molar-refractivity contribution in [2.45, 2.75) is 0 Å². The minimum Gasteiger partial charge on any atom is -0.338 e. The van der Waals surface area contributed by atoms with Crippen molar-refractivity contribution in [3.05, 3.63) is 83.3 Å². The van der Waals surface area contributed by atoms with E-state index >= 15 is 0 Å². The van der Waals surface area contributed by atoms with Crippen LogP contribution in [0.15, 0.2) is 54.7 Å². The molecule has 0 unspecified atom stereocenters. The Bertz CT molecular complexity index is 1050. The molecule has 0 radical (unpaired) electrons. The van der Waals surface area contributed by atoms with E-state index in [4.69, 9.17) is 5.26 Å². The lowest BCUT2D eigenvalue weighted by atomic mass is 10.2. The second kappa shape index (κ2) is 7.58. The average molecular weight is 368 g/mol. The standard InChI is InChI=1S/C19H11F3N4O/c20-14-5-6-15(18(22)17(14)21)26-16-9-12(7-8-24-16)19(27)25-13-3-1-11(10-23)2-4-13/h1-9H,(H,24,26)(H,25,27). The van der Waals surface area contributed by atoms with Gasteiger partial charge in [-0.2, -0.15) is 5.26 Å². The second-order valence-electron chi connectivity index (χ2n) is 5.42. The molecule has 3 rings (SSSR count). The predicted molar refractivity (Wildman–Crippen MR) is 92.9 cm³/mol. The highest BCUT2D eigenvalue weighted by Gasteiger charge is 2.14. The number of carbonyl (C=O) groups is 1. The zero-order valence-electron chi connectivity index (χ0n) is 13.6. The van der Waals surface area contributed by atoms with Gasteiger partial charge in [0.25, 0.3) is 5.91 Å². The third-order valence-electron chi connectivity index (χ3n) is 3.59. The number of rotatable bonds is 4. The molecule has 1 amide bonds. The zero-order chi connectivity index (χ0) is 19.4. The molecule has 0 saturated carbocycles. The van der Waals surface area contributed by atoms with Crippen LogP contribution in [0.3, 0.4) is 0 Å². The summed E-state index contributed by atoms with van der Waals surface area (Å²) in [6.45, 7) is 0. The largest absolute Gasteiger partial charge is 0.338 e. The van der Waals surface area contributed by atoms with Gasteiger partial charge in [0.1, 0.15) is 5.82 Å². The third-order valence-corrected chi connectivity index (χ3v) is 3.59. The molecule has 1 heterocycles. The molecule has 8 heteroatoms. The second-order valence-corrected chi connectivity index (χ2v) is 5.42. The first-order valence-corrected chi connectivity index (χ1v) is 7.66. The smallest absolute Gasteiger partial charge is 0.255 e. The molecule has 1 aromatic heterocycles. The molecule has 27 heavy (non-hydrogen) atoms. The molecule has 2 aromatic carbocycles. The van der Waals surface area contributed by atoms with Crippen molar-refractivity contribution in [2.24, 2.45) is 0 Å². The van der Waals surface area contributed by atoms with Crippen molar-refractivity contribution in [3.8, 4) is 6.07 Å². The van der Waals surface area contributed by atoms with Gasteiger partial charge in [0.2, 0.25) is 0 Å². The van der Waals surface area contributed by atoms with Crippen LogP contribution in [0, 0.1) is 28.8 Å². The van der Waals surface area contributed by atoms with E-state index < -0.39 is 23.4 Å². The van der Waals surface area contributed by atoms with Crippen molar-refractivity contribution in [1.29, 1.82) is 5.26 Å². The summed E-state index contributed by atoms with van der Waals surface area (Å²) in [7, 11) is 0. The number of carbonyl (C=O) groups excluding carboxylic acids is 1. The van der Waals surface area contributed by atoms with Crippen LogP contribution in [0.25, 0.3) is 0 Å². The number of benzene rings is 2. The minimum absolute atomic E-state index is 0.0763. The molecule has 5 nitrogen and oxygen atoms in total. The SMILES string of the molecule is N#Cc1ccc(NC(=O)c2ccnc(Nc3ccc(F)c(F)c3F)c2)cc1. The van der Waals surface area contributed by atoms with Gasteiger partial charge < -0.3 is 10.6 Å². The van der Waals surface area contributed by atoms with Gasteiger partial charge >= 0.3 is 0 Å². The third kappa shape index (κ3) is 4.04. The number of amides is 1. The Balaban J connectivity index is 1.77. The van der Waals surface area contributed by atoms with Crippen LogP contribution in [0.2, 0.25) is 0 Å². The van der Waals surface area contributed by atoms with Crippen LogP contribution in [-0.4, -0.2) is 10.9 Å². The summed E-state index contributed by atoms with van der Waals surface area (Å²) in [6.07, 6.45) is 1.31. The fourth-order valence-electron chi connectivity index (χ4n) is 2.23. The summed E-state index contributed by atoms with van der Waals surface area (Å²) in [5, 5.41) is 13.9. The van der Waals surface area contributed by atoms with Crippen LogP contribution >= 0.6 is 0 Å². The summed E-state index contributed by atoms with van der Waals surface area (Å²) < 4.78 is 40.0. The molecule has 0 fully saturated rings. The van der Waals surface area contributed by atoms with Gasteiger partial charge in [0.15, 0.2) is 17.5 Å². The van der Waals surface area contributed by atoms with Gasteiger partial charge in [0.05, 0.1) is 17.3 Å². The van der Waals surface area contributed by atoms with Crippen molar-refractivity contribution < 1.29 is 18.0 Å². The van der Waals surface area contributed by atoms with Gasteiger partial charge in [-0.1, -0.05) is 0 Å². The number of halogens is 3. The predicted octanol–water partition coefficient (Wildman–Crippen LogP) is 4.37. The molecule has 0 saturated heterocycles. The molecule has 0 aliphatic rings. The fourth-order valence-corrected chi connectivity index (χ4v) is 2.23. The molecule has 0 atom stereocenters. The summed E-state index contributed by atoms with van der Waals surface area (Å²) in [5.41, 5.74) is 0.833. The monoisotopic (exact) mass is 368 g/mol. The molecule has 0 spiro atoms. The average Bonchev–Trinajstić information content (AvgIpc) is 2.69. The normalized spacial score (nSPS) is 10.1. The van der Waals surface area contributed by atoms with Gasteiger partial charge in [-0.15, -0.1) is 0 Å². The Morgan fingerprint density at radius 3 is 2.44 bits per heavy atom. The van der Waals surface area contributed by atoms with E-state index in [0.717, 1.165) is 12.1 Å². The van der Waals surface area contributed by atoms with E-state index in [1.165, 1.54) is 18.3 Å². The topological polar surface area (TPSA) is 77.8 Å². The molecule has 0 bridgehead atoms. The quantitative estimate of drug-likeness (QED) is 0.671. The van der Waals surface area contributed by atoms with Gasteiger partial charge in [-0.25, -0.2) is 18.2 Å². The molecular weight excluding hydrogens is 357 g/mol. The highest BCUT2D eigenvalue weighted by atomic mass is 19.2. The number of pyridine rings is 1. The van der Waals surface area contributed by atoms with Crippen LogP contribution in [0.4, 0.5) is 30.4 Å². The summed E-state index contributed by atoms with van der Waals surface area (Å²) in [5.74, 6) is -4.68. The summed E-state index contributed by atoms with van der Waals surface area (Å²) in [6, 6.07) is 12.8. The lowest BCUT2D eigenvalue weighted by Gasteiger charge is -2.09. The van der Waals surface area contributed by atoms with Crippen molar-refractivity contribution in [2.75, 3.05) is 10.6 Å². The van der Waals surface area contributed by atoms with Crippen molar-refractivity contribution in [1.82, 2.24) is 4.98 Å². The van der Waals surface area contributed by atoms with Crippen molar-refractivity contribution >= 4 is 23.1 Å². The Labute approximate surface area is 152 Å². The van der Waals surface area contributed by atoms with Crippen LogP contribution in [0.1, 0.15) is 15.9 Å². The Hall–Kier alpha value is -3.86. The fraction of sp³-hybridized carbons (Fsp3) is 0. The number of hydrogen-bond acceptors (Lipinski definition) is 4. The number of anilines is 3. The molecule has 2 N–H and O–H groups in total. The van der Waals surface area contributed by atoms with Crippen LogP contribution < -0.4 is 10.6 Å². The van der Waals surface area contributed by atoms with Crippen LogP contribution in [-0.2, 0) is 0 Å². The van der Waals surface area contributed by atoms with Gasteiger partial charge in [-0.3, -0.25) is 4.79 Å². The Kier molecular flexibility index (Phi) is 5.04. The first-order valence-electron chi connectivity index (χ1n) is 7.66. The van der Waals surface area contributed by atoms with E-state index in [0.29, 0.717) is 11.3 Å². The number of nitriles is 1. The van der Waals surface area contributed by atoms with Gasteiger partial charge in [0, 0.05) is 17.4 Å². The maximum Gasteiger partial charge on any atom is 0.255 e. The number of hydrogen-bond donors (Lipinski definition) is 2. The molecule has 0 aliphatic heterocycles. The lowest BCUT2D eigenvalue weighted by molar-refractivity contribution is 0.102. The highest BCUT2D eigenvalue weighted by Crippen LogP contribution is 2.23. The Morgan fingerprint density at radius 1 is 1.00 bits per heavy atom.